The first-order valence-corrected chi connectivity index (χ1v) is 10.7. The van der Waals surface area contributed by atoms with Crippen molar-refractivity contribution in [1.29, 1.82) is 0 Å². The van der Waals surface area contributed by atoms with E-state index in [9.17, 15) is 19.4 Å². The molecule has 1 atom stereocenters. The number of aromatic nitrogens is 1. The number of anilines is 1. The van der Waals surface area contributed by atoms with Crippen LogP contribution in [-0.4, -0.2) is 67.1 Å². The molecule has 1 aromatic carbocycles. The van der Waals surface area contributed by atoms with Crippen LogP contribution in [0.2, 0.25) is 0 Å². The van der Waals surface area contributed by atoms with Crippen molar-refractivity contribution in [2.24, 2.45) is 0 Å². The van der Waals surface area contributed by atoms with Crippen molar-refractivity contribution in [2.75, 3.05) is 38.8 Å². The van der Waals surface area contributed by atoms with E-state index in [4.69, 9.17) is 14.6 Å². The van der Waals surface area contributed by atoms with E-state index in [-0.39, 0.29) is 72.3 Å². The first-order valence-electron chi connectivity index (χ1n) is 9.61. The zero-order valence-electron chi connectivity index (χ0n) is 19.5. The molecule has 1 saturated heterocycles. The summed E-state index contributed by atoms with van der Waals surface area (Å²) in [7, 11) is -0.0388. The van der Waals surface area contributed by atoms with Gasteiger partial charge in [0, 0.05) is 37.5 Å². The molecule has 1 aliphatic heterocycles. The topological polar surface area (TPSA) is 148 Å². The average molecular weight is 509 g/mol. The third kappa shape index (κ3) is 8.30. The first-order chi connectivity index (χ1) is 15.3. The maximum Gasteiger partial charge on any atom is 1.00 e. The second-order valence-corrected chi connectivity index (χ2v) is 7.72. The van der Waals surface area contributed by atoms with Gasteiger partial charge in [0.25, 0.3) is 0 Å². The average Bonchev–Trinajstić information content (AvgIpc) is 3.16. The van der Waals surface area contributed by atoms with Crippen LogP contribution < -0.4 is 78.5 Å². The minimum absolute atomic E-state index is 0. The Hall–Kier alpha value is -0.980. The molecule has 0 saturated carbocycles. The molecule has 1 aromatic heterocycles. The fraction of sp³-hybridized carbons (Fsp3) is 0.350. The van der Waals surface area contributed by atoms with Gasteiger partial charge in [-0.15, -0.1) is 0 Å². The van der Waals surface area contributed by atoms with Crippen LogP contribution in [0.4, 0.5) is 15.3 Å². The molecule has 0 spiro atoms. The third-order valence-corrected chi connectivity index (χ3v) is 5.26. The number of likely N-dealkylation sites (N-methyl/N-ethyl adjacent to an activating group) is 1. The van der Waals surface area contributed by atoms with Crippen LogP contribution in [0.1, 0.15) is 5.69 Å². The number of carboxylic acid groups (broad SMARTS) is 1. The SMILES string of the molecule is COc1cc(-c2ccc(CCN(C)C(=O)O)nc2)ccc1N1CC(COP([O-])[O-])OC1=O.[Na+].[Na+]. The summed E-state index contributed by atoms with van der Waals surface area (Å²) in [5.74, 6) is 0.433. The maximum atomic E-state index is 12.2. The molecule has 1 N–H and O–H groups in total. The molecule has 0 aliphatic carbocycles. The van der Waals surface area contributed by atoms with E-state index in [1.54, 1.807) is 24.4 Å². The summed E-state index contributed by atoms with van der Waals surface area (Å²) in [5.41, 5.74) is 2.87. The first kappa shape index (κ1) is 31.1. The fourth-order valence-electron chi connectivity index (χ4n) is 3.15. The fourth-order valence-corrected chi connectivity index (χ4v) is 3.44. The molecule has 2 heterocycles. The number of benzene rings is 1. The number of methoxy groups -OCH3 is 1. The molecule has 172 valence electrons. The second kappa shape index (κ2) is 14.5. The maximum absolute atomic E-state index is 12.2. The van der Waals surface area contributed by atoms with Crippen molar-refractivity contribution < 1.29 is 97.6 Å². The van der Waals surface area contributed by atoms with Gasteiger partial charge in [0.2, 0.25) is 0 Å². The van der Waals surface area contributed by atoms with Gasteiger partial charge in [-0.25, -0.2) is 9.59 Å². The van der Waals surface area contributed by atoms with E-state index < -0.39 is 26.9 Å². The predicted molar refractivity (Wildman–Crippen MR) is 111 cm³/mol. The Bertz CT molecular complexity index is 967. The molecule has 2 amide bonds. The van der Waals surface area contributed by atoms with Crippen LogP contribution in [0, 0.1) is 0 Å². The van der Waals surface area contributed by atoms with Gasteiger partial charge in [-0.1, -0.05) is 12.1 Å². The number of nitrogens with zero attached hydrogens (tertiary/aromatic N) is 3. The minimum Gasteiger partial charge on any atom is -0.820 e. The number of carbonyl (C=O) groups is 2. The number of cyclic esters (lactones) is 1. The van der Waals surface area contributed by atoms with Gasteiger partial charge in [-0.3, -0.25) is 9.88 Å². The van der Waals surface area contributed by atoms with Crippen LogP contribution in [0.5, 0.6) is 5.75 Å². The Labute approximate surface area is 242 Å². The number of rotatable bonds is 9. The number of pyridine rings is 1. The normalized spacial score (nSPS) is 14.8. The van der Waals surface area contributed by atoms with E-state index in [1.807, 2.05) is 12.1 Å². The van der Waals surface area contributed by atoms with Crippen LogP contribution in [-0.2, 0) is 15.7 Å². The van der Waals surface area contributed by atoms with Gasteiger partial charge in [0.05, 0.1) is 25.9 Å². The van der Waals surface area contributed by atoms with Crippen LogP contribution >= 0.6 is 8.60 Å². The van der Waals surface area contributed by atoms with E-state index in [1.165, 1.54) is 24.0 Å². The quantitative estimate of drug-likeness (QED) is 0.260. The van der Waals surface area contributed by atoms with Crippen molar-refractivity contribution in [1.82, 2.24) is 9.88 Å². The standard InChI is InChI=1S/C20H22N3O8P.2Na/c1-22(19(24)25)8-7-15-5-3-14(10-21-15)13-4-6-17(18(9-13)29-2)23-11-16(31-20(23)26)12-30-32(27)28;;/h3-6,9-10,16H,7-8,11-12H2,1-2H3,(H,24,25);;/q-2;2*+1. The van der Waals surface area contributed by atoms with Gasteiger partial charge in [-0.05, 0) is 23.8 Å². The molecule has 11 nitrogen and oxygen atoms in total. The van der Waals surface area contributed by atoms with Crippen molar-refractivity contribution in [3.63, 3.8) is 0 Å². The van der Waals surface area contributed by atoms with Crippen molar-refractivity contribution in [3.05, 3.63) is 42.2 Å². The van der Waals surface area contributed by atoms with Crippen molar-refractivity contribution in [2.45, 2.75) is 12.5 Å². The molecule has 3 rings (SSSR count). The number of ether oxygens (including phenoxy) is 2. The molecule has 1 unspecified atom stereocenters. The minimum atomic E-state index is -3.02. The molecule has 0 radical (unpaired) electrons. The zero-order chi connectivity index (χ0) is 23.3. The summed E-state index contributed by atoms with van der Waals surface area (Å²) in [4.78, 5) is 51.2. The predicted octanol–water partition coefficient (Wildman–Crippen LogP) is -4.79. The summed E-state index contributed by atoms with van der Waals surface area (Å²) in [6, 6.07) is 8.98. The molecular formula is C20H22N3Na2O8P. The smallest absolute Gasteiger partial charge is 0.820 e. The summed E-state index contributed by atoms with van der Waals surface area (Å²) in [6.07, 6.45) is -0.143. The van der Waals surface area contributed by atoms with Gasteiger partial charge in [0.15, 0.2) is 0 Å². The van der Waals surface area contributed by atoms with Crippen molar-refractivity contribution >= 4 is 26.5 Å². The molecule has 2 aromatic rings. The third-order valence-electron chi connectivity index (χ3n) is 4.90. The van der Waals surface area contributed by atoms with Gasteiger partial charge in [-0.2, -0.15) is 8.60 Å². The van der Waals surface area contributed by atoms with Crippen LogP contribution in [0.15, 0.2) is 36.5 Å². The molecule has 14 heteroatoms. The van der Waals surface area contributed by atoms with E-state index >= 15 is 0 Å². The summed E-state index contributed by atoms with van der Waals surface area (Å²) in [6.45, 7) is 0.216. The van der Waals surface area contributed by atoms with Gasteiger partial charge < -0.3 is 33.8 Å². The van der Waals surface area contributed by atoms with Gasteiger partial charge in [0.1, 0.15) is 11.9 Å². The van der Waals surface area contributed by atoms with Crippen LogP contribution in [0.25, 0.3) is 11.1 Å². The Morgan fingerprint density at radius 2 is 2.00 bits per heavy atom. The van der Waals surface area contributed by atoms with E-state index in [0.717, 1.165) is 16.8 Å². The largest absolute Gasteiger partial charge is 1.00 e. The second-order valence-electron chi connectivity index (χ2n) is 7.01. The van der Waals surface area contributed by atoms with E-state index in [0.29, 0.717) is 24.4 Å². The Morgan fingerprint density at radius 3 is 2.59 bits per heavy atom. The number of hydrogen-bond donors (Lipinski definition) is 1. The molecule has 1 fully saturated rings. The Balaban J connectivity index is 0.00000289. The summed E-state index contributed by atoms with van der Waals surface area (Å²) < 4.78 is 15.1. The molecule has 0 bridgehead atoms. The van der Waals surface area contributed by atoms with E-state index in [2.05, 4.69) is 9.51 Å². The Morgan fingerprint density at radius 1 is 1.29 bits per heavy atom. The van der Waals surface area contributed by atoms with Crippen molar-refractivity contribution in [3.8, 4) is 16.9 Å². The van der Waals surface area contributed by atoms with Gasteiger partial charge >= 0.3 is 71.3 Å². The molecular weight excluding hydrogens is 487 g/mol. The zero-order valence-corrected chi connectivity index (χ0v) is 24.4. The Kier molecular flexibility index (Phi) is 13.3. The summed E-state index contributed by atoms with van der Waals surface area (Å²) in [5, 5.41) is 8.91. The number of hydrogen-bond acceptors (Lipinski definition) is 8. The monoisotopic (exact) mass is 509 g/mol. The number of amides is 2. The summed E-state index contributed by atoms with van der Waals surface area (Å²) >= 11 is 0. The molecule has 1 aliphatic rings. The molecule has 34 heavy (non-hydrogen) atoms. The number of carbonyl (C=O) groups excluding carboxylic acids is 1. The van der Waals surface area contributed by atoms with Crippen LogP contribution in [0.3, 0.4) is 0 Å².